The molecule has 1 saturated heterocycles. The summed E-state index contributed by atoms with van der Waals surface area (Å²) in [7, 11) is 0. The highest BCUT2D eigenvalue weighted by Gasteiger charge is 2.31. The van der Waals surface area contributed by atoms with E-state index in [1.807, 2.05) is 32.9 Å². The van der Waals surface area contributed by atoms with Gasteiger partial charge in [0, 0.05) is 19.2 Å². The predicted molar refractivity (Wildman–Crippen MR) is 83.0 cm³/mol. The van der Waals surface area contributed by atoms with Crippen LogP contribution in [0, 0.1) is 6.92 Å². The third-order valence-electron chi connectivity index (χ3n) is 3.33. The lowest BCUT2D eigenvalue weighted by molar-refractivity contribution is -0.113. The number of carbonyl (C=O) groups excluding carboxylic acids is 1. The zero-order valence-corrected chi connectivity index (χ0v) is 13.1. The molecule has 2 aliphatic rings. The van der Waals surface area contributed by atoms with Gasteiger partial charge in [-0.05, 0) is 44.7 Å². The van der Waals surface area contributed by atoms with Gasteiger partial charge in [0.1, 0.15) is 11.5 Å². The minimum absolute atomic E-state index is 0.146. The van der Waals surface area contributed by atoms with Crippen LogP contribution in [-0.4, -0.2) is 41.3 Å². The monoisotopic (exact) mass is 306 g/mol. The molecule has 112 valence electrons. The molecule has 3 heterocycles. The highest BCUT2D eigenvalue weighted by atomic mass is 32.2. The summed E-state index contributed by atoms with van der Waals surface area (Å²) in [5, 5.41) is 0.761. The van der Waals surface area contributed by atoms with E-state index in [4.69, 9.17) is 9.15 Å². The molecular weight excluding hydrogens is 288 g/mol. The maximum atomic E-state index is 12.0. The van der Waals surface area contributed by atoms with E-state index in [1.165, 1.54) is 11.8 Å². The lowest BCUT2D eigenvalue weighted by Gasteiger charge is -2.35. The molecule has 1 aromatic heterocycles. The van der Waals surface area contributed by atoms with Gasteiger partial charge in [-0.1, -0.05) is 0 Å². The van der Waals surface area contributed by atoms with E-state index in [0.717, 1.165) is 24.0 Å². The van der Waals surface area contributed by atoms with Crippen molar-refractivity contribution in [3.8, 4) is 0 Å². The third-order valence-corrected chi connectivity index (χ3v) is 4.38. The number of aliphatic imine (C=N–C) groups is 1. The van der Waals surface area contributed by atoms with E-state index in [1.54, 1.807) is 6.08 Å². The van der Waals surface area contributed by atoms with Crippen LogP contribution in [0.2, 0.25) is 0 Å². The fourth-order valence-electron chi connectivity index (χ4n) is 2.53. The van der Waals surface area contributed by atoms with Gasteiger partial charge in [0.15, 0.2) is 5.17 Å². The zero-order chi connectivity index (χ0) is 15.0. The summed E-state index contributed by atoms with van der Waals surface area (Å²) in [6.07, 6.45) is 2.05. The number of nitrogens with zero attached hydrogens (tertiary/aromatic N) is 2. The molecule has 0 bridgehead atoms. The predicted octanol–water partition coefficient (Wildman–Crippen LogP) is 2.67. The number of hydrogen-bond acceptors (Lipinski definition) is 5. The van der Waals surface area contributed by atoms with Crippen molar-refractivity contribution >= 4 is 28.9 Å². The quantitative estimate of drug-likeness (QED) is 0.747. The van der Waals surface area contributed by atoms with Crippen LogP contribution in [0.4, 0.5) is 0 Å². The molecule has 2 atom stereocenters. The SMILES string of the molecule is Cc1ccc(/C=C2\SC(N3C[C@@H](C)O[C@H](C)C3)=NC2=O)o1. The second-order valence-electron chi connectivity index (χ2n) is 5.42. The molecule has 5 nitrogen and oxygen atoms in total. The highest BCUT2D eigenvalue weighted by molar-refractivity contribution is 8.18. The van der Waals surface area contributed by atoms with Crippen LogP contribution in [0.5, 0.6) is 0 Å². The smallest absolute Gasteiger partial charge is 0.286 e. The van der Waals surface area contributed by atoms with Gasteiger partial charge in [-0.15, -0.1) is 0 Å². The highest BCUT2D eigenvalue weighted by Crippen LogP contribution is 2.31. The first kappa shape index (κ1) is 14.4. The Morgan fingerprint density at radius 2 is 2.05 bits per heavy atom. The maximum Gasteiger partial charge on any atom is 0.286 e. The number of furan rings is 1. The molecule has 0 N–H and O–H groups in total. The molecule has 1 amide bonds. The summed E-state index contributed by atoms with van der Waals surface area (Å²) in [6, 6.07) is 3.73. The molecule has 0 radical (unpaired) electrons. The van der Waals surface area contributed by atoms with Crippen molar-refractivity contribution < 1.29 is 13.9 Å². The first-order chi connectivity index (χ1) is 10.0. The van der Waals surface area contributed by atoms with Crippen LogP contribution in [-0.2, 0) is 9.53 Å². The number of thioether (sulfide) groups is 1. The standard InChI is InChI=1S/C15H18N2O3S/c1-9-4-5-12(20-9)6-13-14(18)16-15(21-13)17-7-10(2)19-11(3)8-17/h4-6,10-11H,7-8H2,1-3H3/b13-6-/t10-,11-/m1/s1. The summed E-state index contributed by atoms with van der Waals surface area (Å²) in [4.78, 5) is 18.9. The molecule has 0 saturated carbocycles. The molecular formula is C15H18N2O3S. The third kappa shape index (κ3) is 3.22. The topological polar surface area (TPSA) is 55.0 Å². The van der Waals surface area contributed by atoms with Crippen LogP contribution in [0.1, 0.15) is 25.4 Å². The van der Waals surface area contributed by atoms with Crippen molar-refractivity contribution in [2.24, 2.45) is 4.99 Å². The second kappa shape index (κ2) is 5.69. The largest absolute Gasteiger partial charge is 0.462 e. The summed E-state index contributed by atoms with van der Waals surface area (Å²) >= 11 is 1.41. The van der Waals surface area contributed by atoms with E-state index in [2.05, 4.69) is 9.89 Å². The minimum atomic E-state index is -0.198. The number of carbonyl (C=O) groups is 1. The first-order valence-electron chi connectivity index (χ1n) is 7.00. The summed E-state index contributed by atoms with van der Waals surface area (Å²) < 4.78 is 11.2. The van der Waals surface area contributed by atoms with Crippen LogP contribution in [0.25, 0.3) is 6.08 Å². The van der Waals surface area contributed by atoms with Crippen molar-refractivity contribution in [2.75, 3.05) is 13.1 Å². The molecule has 0 aliphatic carbocycles. The van der Waals surface area contributed by atoms with Crippen molar-refractivity contribution in [2.45, 2.75) is 33.0 Å². The van der Waals surface area contributed by atoms with Gasteiger partial charge in [0.25, 0.3) is 5.91 Å². The van der Waals surface area contributed by atoms with Crippen LogP contribution in [0.3, 0.4) is 0 Å². The molecule has 21 heavy (non-hydrogen) atoms. The second-order valence-corrected chi connectivity index (χ2v) is 6.43. The first-order valence-corrected chi connectivity index (χ1v) is 7.82. The number of amidine groups is 1. The number of rotatable bonds is 1. The van der Waals surface area contributed by atoms with Gasteiger partial charge >= 0.3 is 0 Å². The Bertz CT molecular complexity index is 610. The van der Waals surface area contributed by atoms with E-state index in [-0.39, 0.29) is 18.1 Å². The van der Waals surface area contributed by atoms with Gasteiger partial charge in [-0.25, -0.2) is 0 Å². The van der Waals surface area contributed by atoms with E-state index < -0.39 is 0 Å². The van der Waals surface area contributed by atoms with Crippen molar-refractivity contribution in [3.05, 3.63) is 28.6 Å². The van der Waals surface area contributed by atoms with Gasteiger partial charge < -0.3 is 14.1 Å². The number of ether oxygens (including phenoxy) is 1. The van der Waals surface area contributed by atoms with Crippen molar-refractivity contribution in [3.63, 3.8) is 0 Å². The zero-order valence-electron chi connectivity index (χ0n) is 12.3. The van der Waals surface area contributed by atoms with Crippen LogP contribution in [0.15, 0.2) is 26.4 Å². The summed E-state index contributed by atoms with van der Waals surface area (Å²) in [5.41, 5.74) is 0. The molecule has 1 aromatic rings. The Balaban J connectivity index is 1.74. The fraction of sp³-hybridized carbons (Fsp3) is 0.467. The minimum Gasteiger partial charge on any atom is -0.462 e. The maximum absolute atomic E-state index is 12.0. The van der Waals surface area contributed by atoms with E-state index >= 15 is 0 Å². The number of morpholine rings is 1. The van der Waals surface area contributed by atoms with Gasteiger partial charge in [0.2, 0.25) is 0 Å². The number of hydrogen-bond donors (Lipinski definition) is 0. The van der Waals surface area contributed by atoms with Gasteiger partial charge in [0.05, 0.1) is 17.1 Å². The lowest BCUT2D eigenvalue weighted by Crippen LogP contribution is -2.47. The fourth-order valence-corrected chi connectivity index (χ4v) is 3.44. The molecule has 0 spiro atoms. The van der Waals surface area contributed by atoms with Gasteiger partial charge in [-0.3, -0.25) is 4.79 Å². The molecule has 0 aromatic carbocycles. The summed E-state index contributed by atoms with van der Waals surface area (Å²) in [5.74, 6) is 1.31. The van der Waals surface area contributed by atoms with Crippen molar-refractivity contribution in [1.29, 1.82) is 0 Å². The van der Waals surface area contributed by atoms with E-state index in [0.29, 0.717) is 10.7 Å². The lowest BCUT2D eigenvalue weighted by atomic mass is 10.2. The molecule has 2 aliphatic heterocycles. The van der Waals surface area contributed by atoms with Gasteiger partial charge in [-0.2, -0.15) is 4.99 Å². The number of aryl methyl sites for hydroxylation is 1. The molecule has 0 unspecified atom stereocenters. The Hall–Kier alpha value is -1.53. The van der Waals surface area contributed by atoms with Crippen LogP contribution < -0.4 is 0 Å². The van der Waals surface area contributed by atoms with Crippen LogP contribution >= 0.6 is 11.8 Å². The molecule has 3 rings (SSSR count). The Morgan fingerprint density at radius 1 is 1.33 bits per heavy atom. The van der Waals surface area contributed by atoms with E-state index in [9.17, 15) is 4.79 Å². The molecule has 1 fully saturated rings. The average Bonchev–Trinajstić information content (AvgIpc) is 2.96. The number of amides is 1. The Labute approximate surface area is 128 Å². The Kier molecular flexibility index (Phi) is 3.91. The molecule has 6 heteroatoms. The summed E-state index contributed by atoms with van der Waals surface area (Å²) in [6.45, 7) is 7.47. The van der Waals surface area contributed by atoms with Crippen molar-refractivity contribution in [1.82, 2.24) is 4.90 Å². The average molecular weight is 306 g/mol. The normalized spacial score (nSPS) is 28.3. The Morgan fingerprint density at radius 3 is 2.67 bits per heavy atom.